The monoisotopic (exact) mass is 207 g/mol. The third-order valence-electron chi connectivity index (χ3n) is 4.04. The van der Waals surface area contributed by atoms with Crippen molar-refractivity contribution in [2.75, 3.05) is 6.54 Å². The SMILES string of the molecule is CC1(C2CC2)C(N)=NC(=O)N1CC1CC1. The number of hydrogen-bond donors (Lipinski definition) is 1. The normalized spacial score (nSPS) is 35.9. The summed E-state index contributed by atoms with van der Waals surface area (Å²) in [6, 6.07) is -0.117. The number of amides is 2. The molecule has 0 aromatic carbocycles. The molecular weight excluding hydrogens is 190 g/mol. The van der Waals surface area contributed by atoms with Crippen LogP contribution >= 0.6 is 0 Å². The molecule has 2 fully saturated rings. The Morgan fingerprint density at radius 3 is 2.67 bits per heavy atom. The van der Waals surface area contributed by atoms with Crippen LogP contribution in [0, 0.1) is 11.8 Å². The number of nitrogens with zero attached hydrogens (tertiary/aromatic N) is 2. The zero-order chi connectivity index (χ0) is 10.6. The van der Waals surface area contributed by atoms with E-state index in [9.17, 15) is 4.79 Å². The zero-order valence-corrected chi connectivity index (χ0v) is 9.07. The Morgan fingerprint density at radius 2 is 2.13 bits per heavy atom. The number of nitrogens with two attached hydrogens (primary N) is 1. The minimum Gasteiger partial charge on any atom is -0.385 e. The second-order valence-corrected chi connectivity index (χ2v) is 5.26. The van der Waals surface area contributed by atoms with Crippen LogP contribution in [0.25, 0.3) is 0 Å². The quantitative estimate of drug-likeness (QED) is 0.759. The number of aliphatic imine (C=N–C) groups is 1. The smallest absolute Gasteiger partial charge is 0.346 e. The Labute approximate surface area is 89.5 Å². The first-order chi connectivity index (χ1) is 7.12. The van der Waals surface area contributed by atoms with Gasteiger partial charge in [-0.2, -0.15) is 4.99 Å². The van der Waals surface area contributed by atoms with Gasteiger partial charge in [-0.05, 0) is 44.4 Å². The molecule has 1 heterocycles. The Hall–Kier alpha value is -1.06. The highest BCUT2D eigenvalue weighted by atomic mass is 16.2. The first-order valence-corrected chi connectivity index (χ1v) is 5.78. The fraction of sp³-hybridized carbons (Fsp3) is 0.818. The fourth-order valence-electron chi connectivity index (χ4n) is 2.51. The van der Waals surface area contributed by atoms with Crippen LogP contribution < -0.4 is 5.73 Å². The molecule has 0 saturated heterocycles. The lowest BCUT2D eigenvalue weighted by Gasteiger charge is -2.35. The molecule has 3 rings (SSSR count). The van der Waals surface area contributed by atoms with E-state index in [1.165, 1.54) is 25.7 Å². The molecule has 2 amide bonds. The molecule has 1 atom stereocenters. The van der Waals surface area contributed by atoms with E-state index < -0.39 is 0 Å². The maximum absolute atomic E-state index is 11.8. The van der Waals surface area contributed by atoms with Gasteiger partial charge in [-0.25, -0.2) is 4.79 Å². The number of rotatable bonds is 3. The number of amidine groups is 1. The van der Waals surface area contributed by atoms with Crippen LogP contribution in [-0.2, 0) is 0 Å². The second-order valence-electron chi connectivity index (χ2n) is 5.26. The molecule has 0 aromatic heterocycles. The van der Waals surface area contributed by atoms with E-state index in [0.717, 1.165) is 6.54 Å². The number of hydrogen-bond acceptors (Lipinski definition) is 2. The van der Waals surface area contributed by atoms with Crippen LogP contribution in [-0.4, -0.2) is 28.9 Å². The van der Waals surface area contributed by atoms with Gasteiger partial charge in [-0.1, -0.05) is 0 Å². The Bertz CT molecular complexity index is 344. The predicted octanol–water partition coefficient (Wildman–Crippen LogP) is 1.36. The molecule has 3 aliphatic rings. The molecule has 2 aliphatic carbocycles. The summed E-state index contributed by atoms with van der Waals surface area (Å²) in [5.74, 6) is 1.79. The molecule has 1 unspecified atom stereocenters. The summed E-state index contributed by atoms with van der Waals surface area (Å²) < 4.78 is 0. The molecule has 1 aliphatic heterocycles. The largest absolute Gasteiger partial charge is 0.385 e. The maximum Gasteiger partial charge on any atom is 0.346 e. The highest BCUT2D eigenvalue weighted by Gasteiger charge is 2.54. The molecule has 0 radical (unpaired) electrons. The van der Waals surface area contributed by atoms with Gasteiger partial charge < -0.3 is 10.6 Å². The molecule has 0 spiro atoms. The van der Waals surface area contributed by atoms with Crippen LogP contribution in [0.2, 0.25) is 0 Å². The van der Waals surface area contributed by atoms with Gasteiger partial charge in [0.2, 0.25) is 0 Å². The molecular formula is C11H17N3O. The molecule has 0 aromatic rings. The summed E-state index contributed by atoms with van der Waals surface area (Å²) >= 11 is 0. The predicted molar refractivity (Wildman–Crippen MR) is 57.6 cm³/mol. The van der Waals surface area contributed by atoms with Crippen molar-refractivity contribution in [1.82, 2.24) is 4.90 Å². The minimum atomic E-state index is -0.264. The second kappa shape index (κ2) is 2.74. The van der Waals surface area contributed by atoms with Crippen molar-refractivity contribution in [2.24, 2.45) is 22.6 Å². The molecule has 0 bridgehead atoms. The molecule has 4 heteroatoms. The van der Waals surface area contributed by atoms with E-state index in [-0.39, 0.29) is 11.6 Å². The van der Waals surface area contributed by atoms with Crippen molar-refractivity contribution < 1.29 is 4.79 Å². The lowest BCUT2D eigenvalue weighted by Crippen LogP contribution is -2.54. The van der Waals surface area contributed by atoms with Crippen molar-refractivity contribution >= 4 is 11.9 Å². The molecule has 4 nitrogen and oxygen atoms in total. The van der Waals surface area contributed by atoms with Crippen LogP contribution in [0.5, 0.6) is 0 Å². The van der Waals surface area contributed by atoms with Gasteiger partial charge in [0.1, 0.15) is 11.4 Å². The summed E-state index contributed by atoms with van der Waals surface area (Å²) in [5.41, 5.74) is 5.65. The third kappa shape index (κ3) is 1.27. The highest BCUT2D eigenvalue weighted by Crippen LogP contribution is 2.46. The number of carbonyl (C=O) groups is 1. The van der Waals surface area contributed by atoms with Gasteiger partial charge >= 0.3 is 6.03 Å². The van der Waals surface area contributed by atoms with Gasteiger partial charge in [-0.3, -0.25) is 0 Å². The lowest BCUT2D eigenvalue weighted by atomic mass is 9.93. The third-order valence-corrected chi connectivity index (χ3v) is 4.04. The summed E-state index contributed by atoms with van der Waals surface area (Å²) in [4.78, 5) is 17.6. The first-order valence-electron chi connectivity index (χ1n) is 5.78. The summed E-state index contributed by atoms with van der Waals surface area (Å²) in [5, 5.41) is 0. The Morgan fingerprint density at radius 1 is 1.47 bits per heavy atom. The Kier molecular flexibility index (Phi) is 1.68. The van der Waals surface area contributed by atoms with Gasteiger partial charge in [0.15, 0.2) is 0 Å². The van der Waals surface area contributed by atoms with E-state index >= 15 is 0 Å². The summed E-state index contributed by atoms with van der Waals surface area (Å²) in [6.45, 7) is 2.94. The number of urea groups is 1. The summed E-state index contributed by atoms with van der Waals surface area (Å²) in [6.07, 6.45) is 4.87. The first kappa shape index (κ1) is 9.19. The average Bonchev–Trinajstić information content (AvgIpc) is 3.00. The number of carbonyl (C=O) groups excluding carboxylic acids is 1. The van der Waals surface area contributed by atoms with Gasteiger partial charge in [0.25, 0.3) is 0 Å². The van der Waals surface area contributed by atoms with Gasteiger partial charge in [0, 0.05) is 6.54 Å². The van der Waals surface area contributed by atoms with Crippen molar-refractivity contribution in [3.05, 3.63) is 0 Å². The van der Waals surface area contributed by atoms with Crippen LogP contribution in [0.1, 0.15) is 32.6 Å². The average molecular weight is 207 g/mol. The van der Waals surface area contributed by atoms with Gasteiger partial charge in [0.05, 0.1) is 0 Å². The summed E-state index contributed by atoms with van der Waals surface area (Å²) in [7, 11) is 0. The van der Waals surface area contributed by atoms with E-state index in [1.807, 2.05) is 4.90 Å². The molecule has 82 valence electrons. The minimum absolute atomic E-state index is 0.117. The van der Waals surface area contributed by atoms with E-state index in [4.69, 9.17) is 5.73 Å². The highest BCUT2D eigenvalue weighted by molar-refractivity contribution is 6.06. The zero-order valence-electron chi connectivity index (χ0n) is 9.07. The molecule has 2 N–H and O–H groups in total. The van der Waals surface area contributed by atoms with Crippen molar-refractivity contribution in [3.63, 3.8) is 0 Å². The van der Waals surface area contributed by atoms with Crippen LogP contribution in [0.4, 0.5) is 4.79 Å². The van der Waals surface area contributed by atoms with Crippen molar-refractivity contribution in [3.8, 4) is 0 Å². The van der Waals surface area contributed by atoms with Crippen LogP contribution in [0.15, 0.2) is 4.99 Å². The van der Waals surface area contributed by atoms with E-state index in [1.54, 1.807) is 0 Å². The van der Waals surface area contributed by atoms with Crippen LogP contribution in [0.3, 0.4) is 0 Å². The van der Waals surface area contributed by atoms with Gasteiger partial charge in [-0.15, -0.1) is 0 Å². The molecule has 2 saturated carbocycles. The Balaban J connectivity index is 1.86. The van der Waals surface area contributed by atoms with E-state index in [0.29, 0.717) is 17.7 Å². The van der Waals surface area contributed by atoms with Crippen molar-refractivity contribution in [2.45, 2.75) is 38.1 Å². The van der Waals surface area contributed by atoms with E-state index in [2.05, 4.69) is 11.9 Å². The maximum atomic E-state index is 11.8. The van der Waals surface area contributed by atoms with Crippen molar-refractivity contribution in [1.29, 1.82) is 0 Å². The fourth-order valence-corrected chi connectivity index (χ4v) is 2.51. The lowest BCUT2D eigenvalue weighted by molar-refractivity contribution is 0.163. The molecule has 15 heavy (non-hydrogen) atoms. The topological polar surface area (TPSA) is 58.7 Å². The standard InChI is InChI=1S/C11H17N3O/c1-11(8-4-5-8)9(12)13-10(15)14(11)6-7-2-3-7/h7-8H,2-6H2,1H3,(H2,12,13,15).